The summed E-state index contributed by atoms with van der Waals surface area (Å²) in [5, 5.41) is 0. The molecule has 2 nitrogen and oxygen atoms in total. The fourth-order valence-electron chi connectivity index (χ4n) is 1.76. The Morgan fingerprint density at radius 3 is 2.60 bits per heavy atom. The van der Waals surface area contributed by atoms with Crippen LogP contribution in [0, 0.1) is 13.8 Å². The first-order valence-corrected chi connectivity index (χ1v) is 5.94. The fourth-order valence-corrected chi connectivity index (χ4v) is 2.38. The largest absolute Gasteiger partial charge is 0.328 e. The van der Waals surface area contributed by atoms with Crippen LogP contribution in [-0.2, 0) is 0 Å². The van der Waals surface area contributed by atoms with Crippen molar-refractivity contribution in [3.05, 3.63) is 28.0 Å². The smallest absolute Gasteiger partial charge is 0.103 e. The van der Waals surface area contributed by atoms with Gasteiger partial charge >= 0.3 is 0 Å². The summed E-state index contributed by atoms with van der Waals surface area (Å²) in [5.74, 6) is 0. The zero-order valence-corrected chi connectivity index (χ0v) is 11.1. The van der Waals surface area contributed by atoms with Crippen molar-refractivity contribution in [2.24, 2.45) is 0 Å². The first kappa shape index (κ1) is 10.7. The van der Waals surface area contributed by atoms with Crippen LogP contribution in [0.4, 0.5) is 0 Å². The van der Waals surface area contributed by atoms with Crippen LogP contribution in [0.2, 0.25) is 0 Å². The van der Waals surface area contributed by atoms with E-state index in [-0.39, 0.29) is 0 Å². The van der Waals surface area contributed by atoms with E-state index in [0.29, 0.717) is 6.04 Å². The summed E-state index contributed by atoms with van der Waals surface area (Å²) in [5.41, 5.74) is 4.85. The molecule has 0 radical (unpaired) electrons. The number of aromatic nitrogens is 2. The van der Waals surface area contributed by atoms with Crippen LogP contribution in [0.5, 0.6) is 0 Å². The number of benzene rings is 1. The standard InChI is InChI=1S/C12H15BrN2/c1-7(2)15-6-14-12-10(15)5-8(3)9(4)11(12)13/h5-7H,1-4H3. The molecule has 2 rings (SSSR count). The molecule has 3 heteroatoms. The molecular weight excluding hydrogens is 252 g/mol. The third kappa shape index (κ3) is 1.59. The first-order chi connectivity index (χ1) is 7.02. The summed E-state index contributed by atoms with van der Waals surface area (Å²) in [6, 6.07) is 2.66. The number of hydrogen-bond acceptors (Lipinski definition) is 1. The summed E-state index contributed by atoms with van der Waals surface area (Å²) in [6.07, 6.45) is 1.92. The van der Waals surface area contributed by atoms with Gasteiger partial charge in [-0.2, -0.15) is 0 Å². The Labute approximate surface area is 98.4 Å². The second-order valence-electron chi connectivity index (χ2n) is 4.25. The van der Waals surface area contributed by atoms with E-state index in [4.69, 9.17) is 0 Å². The number of halogens is 1. The van der Waals surface area contributed by atoms with Gasteiger partial charge in [0.15, 0.2) is 0 Å². The van der Waals surface area contributed by atoms with E-state index < -0.39 is 0 Å². The minimum absolute atomic E-state index is 0.448. The molecule has 80 valence electrons. The molecule has 1 aromatic heterocycles. The highest BCUT2D eigenvalue weighted by molar-refractivity contribution is 9.10. The molecule has 0 amide bonds. The van der Waals surface area contributed by atoms with Crippen LogP contribution in [0.25, 0.3) is 11.0 Å². The van der Waals surface area contributed by atoms with Gasteiger partial charge < -0.3 is 4.57 Å². The maximum absolute atomic E-state index is 4.46. The van der Waals surface area contributed by atoms with Gasteiger partial charge in [-0.05, 0) is 60.8 Å². The molecule has 0 bridgehead atoms. The van der Waals surface area contributed by atoms with E-state index >= 15 is 0 Å². The molecule has 0 fully saturated rings. The molecule has 0 atom stereocenters. The molecule has 0 saturated heterocycles. The predicted molar refractivity (Wildman–Crippen MR) is 67.3 cm³/mol. The normalized spacial score (nSPS) is 11.6. The molecule has 0 N–H and O–H groups in total. The lowest BCUT2D eigenvalue weighted by molar-refractivity contribution is 0.617. The molecule has 15 heavy (non-hydrogen) atoms. The van der Waals surface area contributed by atoms with Crippen molar-refractivity contribution in [2.45, 2.75) is 33.7 Å². The summed E-state index contributed by atoms with van der Waals surface area (Å²) < 4.78 is 3.32. The molecule has 0 aliphatic heterocycles. The lowest BCUT2D eigenvalue weighted by atomic mass is 10.1. The number of fused-ring (bicyclic) bond motifs is 1. The Morgan fingerprint density at radius 2 is 2.00 bits per heavy atom. The molecule has 1 heterocycles. The fraction of sp³-hybridized carbons (Fsp3) is 0.417. The number of rotatable bonds is 1. The number of imidazole rings is 1. The average Bonchev–Trinajstić information content (AvgIpc) is 2.58. The van der Waals surface area contributed by atoms with Gasteiger partial charge in [-0.25, -0.2) is 4.98 Å². The molecule has 0 aliphatic carbocycles. The molecule has 0 spiro atoms. The average molecular weight is 267 g/mol. The molecule has 0 aliphatic rings. The van der Waals surface area contributed by atoms with E-state index in [1.54, 1.807) is 0 Å². The Bertz CT molecular complexity index is 512. The van der Waals surface area contributed by atoms with Gasteiger partial charge in [0.2, 0.25) is 0 Å². The molecular formula is C12H15BrN2. The Hall–Kier alpha value is -0.830. The number of aryl methyl sites for hydroxylation is 1. The molecule has 0 unspecified atom stereocenters. The minimum Gasteiger partial charge on any atom is -0.328 e. The lowest BCUT2D eigenvalue weighted by Gasteiger charge is -2.10. The van der Waals surface area contributed by atoms with Crippen molar-refractivity contribution in [3.8, 4) is 0 Å². The third-order valence-electron chi connectivity index (χ3n) is 2.87. The summed E-state index contributed by atoms with van der Waals surface area (Å²) in [4.78, 5) is 4.46. The van der Waals surface area contributed by atoms with E-state index in [0.717, 1.165) is 9.99 Å². The topological polar surface area (TPSA) is 17.8 Å². The highest BCUT2D eigenvalue weighted by Gasteiger charge is 2.11. The minimum atomic E-state index is 0.448. The number of hydrogen-bond donors (Lipinski definition) is 0. The van der Waals surface area contributed by atoms with Crippen LogP contribution in [0.3, 0.4) is 0 Å². The highest BCUT2D eigenvalue weighted by atomic mass is 79.9. The lowest BCUT2D eigenvalue weighted by Crippen LogP contribution is -1.98. The zero-order chi connectivity index (χ0) is 11.2. The van der Waals surface area contributed by atoms with Gasteiger partial charge in [-0.3, -0.25) is 0 Å². The van der Waals surface area contributed by atoms with Gasteiger partial charge in [-0.1, -0.05) is 0 Å². The first-order valence-electron chi connectivity index (χ1n) is 5.14. The van der Waals surface area contributed by atoms with Gasteiger partial charge in [0.05, 0.1) is 11.8 Å². The van der Waals surface area contributed by atoms with Crippen LogP contribution < -0.4 is 0 Å². The van der Waals surface area contributed by atoms with Gasteiger partial charge in [0.25, 0.3) is 0 Å². The highest BCUT2D eigenvalue weighted by Crippen LogP contribution is 2.30. The molecule has 1 aromatic carbocycles. The van der Waals surface area contributed by atoms with Crippen LogP contribution in [0.15, 0.2) is 16.9 Å². The Balaban J connectivity index is 2.83. The Kier molecular flexibility index (Phi) is 2.59. The number of nitrogens with zero attached hydrogens (tertiary/aromatic N) is 2. The van der Waals surface area contributed by atoms with Crippen molar-refractivity contribution in [2.75, 3.05) is 0 Å². The van der Waals surface area contributed by atoms with Gasteiger partial charge in [0.1, 0.15) is 5.52 Å². The zero-order valence-electron chi connectivity index (χ0n) is 9.50. The van der Waals surface area contributed by atoms with Crippen molar-refractivity contribution in [1.29, 1.82) is 0 Å². The molecule has 0 saturated carbocycles. The second kappa shape index (κ2) is 3.63. The van der Waals surface area contributed by atoms with E-state index in [1.165, 1.54) is 16.6 Å². The third-order valence-corrected chi connectivity index (χ3v) is 3.84. The summed E-state index contributed by atoms with van der Waals surface area (Å²) >= 11 is 3.62. The summed E-state index contributed by atoms with van der Waals surface area (Å²) in [6.45, 7) is 8.60. The van der Waals surface area contributed by atoms with Crippen LogP contribution in [-0.4, -0.2) is 9.55 Å². The second-order valence-corrected chi connectivity index (χ2v) is 5.04. The Morgan fingerprint density at radius 1 is 1.33 bits per heavy atom. The monoisotopic (exact) mass is 266 g/mol. The van der Waals surface area contributed by atoms with E-state index in [2.05, 4.69) is 59.2 Å². The predicted octanol–water partition coefficient (Wildman–Crippen LogP) is 4.00. The van der Waals surface area contributed by atoms with Crippen molar-refractivity contribution >= 4 is 27.0 Å². The maximum Gasteiger partial charge on any atom is 0.103 e. The van der Waals surface area contributed by atoms with Gasteiger partial charge in [0, 0.05) is 10.5 Å². The van der Waals surface area contributed by atoms with Crippen molar-refractivity contribution < 1.29 is 0 Å². The van der Waals surface area contributed by atoms with Crippen LogP contribution >= 0.6 is 15.9 Å². The quantitative estimate of drug-likeness (QED) is 0.763. The van der Waals surface area contributed by atoms with E-state index in [1.807, 2.05) is 6.33 Å². The maximum atomic E-state index is 4.46. The van der Waals surface area contributed by atoms with Crippen LogP contribution in [0.1, 0.15) is 31.0 Å². The SMILES string of the molecule is Cc1cc2c(ncn2C(C)C)c(Br)c1C. The summed E-state index contributed by atoms with van der Waals surface area (Å²) in [7, 11) is 0. The van der Waals surface area contributed by atoms with Crippen molar-refractivity contribution in [1.82, 2.24) is 9.55 Å². The molecule has 2 aromatic rings. The van der Waals surface area contributed by atoms with E-state index in [9.17, 15) is 0 Å². The van der Waals surface area contributed by atoms with Crippen molar-refractivity contribution in [3.63, 3.8) is 0 Å². The van der Waals surface area contributed by atoms with Gasteiger partial charge in [-0.15, -0.1) is 0 Å².